The zero-order valence-corrected chi connectivity index (χ0v) is 17.2. The van der Waals surface area contributed by atoms with Gasteiger partial charge in [0.25, 0.3) is 0 Å². The van der Waals surface area contributed by atoms with E-state index in [4.69, 9.17) is 16.3 Å². The molecule has 1 nitrogen and oxygen atoms in total. The van der Waals surface area contributed by atoms with Crippen LogP contribution in [0.1, 0.15) is 50.5 Å². The molecule has 2 rings (SSSR count). The zero-order valence-electron chi connectivity index (χ0n) is 13.6. The van der Waals surface area contributed by atoms with Gasteiger partial charge in [0.2, 0.25) is 0 Å². The predicted octanol–water partition coefficient (Wildman–Crippen LogP) is 6.15. The molecule has 0 saturated heterocycles. The molecule has 22 heavy (non-hydrogen) atoms. The molecule has 1 atom stereocenters. The quantitative estimate of drug-likeness (QED) is 0.292. The SMILES string of the molecule is [CH2-]CCCCCC1=CCC[C@@H]1COc1cc(C)cc(Cl)c1.[Y]. The molecule has 0 saturated carbocycles. The van der Waals surface area contributed by atoms with Gasteiger partial charge in [0, 0.05) is 43.6 Å². The molecule has 0 amide bonds. The normalized spacial score (nSPS) is 17.0. The van der Waals surface area contributed by atoms with E-state index >= 15 is 0 Å². The Morgan fingerprint density at radius 3 is 2.77 bits per heavy atom. The van der Waals surface area contributed by atoms with Crippen LogP contribution in [0.3, 0.4) is 0 Å². The first-order valence-corrected chi connectivity index (χ1v) is 8.45. The first kappa shape index (κ1) is 20.2. The van der Waals surface area contributed by atoms with E-state index < -0.39 is 0 Å². The van der Waals surface area contributed by atoms with Crippen molar-refractivity contribution in [1.29, 1.82) is 0 Å². The van der Waals surface area contributed by atoms with Gasteiger partial charge in [-0.05, 0) is 56.4 Å². The number of benzene rings is 1. The molecule has 1 radical (unpaired) electrons. The van der Waals surface area contributed by atoms with Crippen molar-refractivity contribution in [1.82, 2.24) is 0 Å². The summed E-state index contributed by atoms with van der Waals surface area (Å²) in [7, 11) is 0. The monoisotopic (exact) mass is 394 g/mol. The summed E-state index contributed by atoms with van der Waals surface area (Å²) in [5.41, 5.74) is 2.74. The van der Waals surface area contributed by atoms with Crippen LogP contribution in [0.4, 0.5) is 0 Å². The summed E-state index contributed by atoms with van der Waals surface area (Å²) < 4.78 is 5.97. The second-order valence-corrected chi connectivity index (χ2v) is 6.43. The smallest absolute Gasteiger partial charge is 0.121 e. The van der Waals surface area contributed by atoms with E-state index in [1.807, 2.05) is 19.1 Å². The molecule has 0 fully saturated rings. The molecule has 0 aromatic heterocycles. The maximum atomic E-state index is 6.08. The molecular formula is C19H26ClOY-. The first-order chi connectivity index (χ1) is 10.2. The molecule has 0 spiro atoms. The van der Waals surface area contributed by atoms with Crippen molar-refractivity contribution in [2.45, 2.75) is 51.9 Å². The van der Waals surface area contributed by atoms with Gasteiger partial charge in [-0.15, -0.1) is 0 Å². The van der Waals surface area contributed by atoms with Crippen LogP contribution in [0.25, 0.3) is 0 Å². The van der Waals surface area contributed by atoms with Crippen molar-refractivity contribution in [3.05, 3.63) is 47.4 Å². The van der Waals surface area contributed by atoms with Crippen molar-refractivity contribution in [2.75, 3.05) is 6.61 Å². The summed E-state index contributed by atoms with van der Waals surface area (Å²) >= 11 is 6.08. The fraction of sp³-hybridized carbons (Fsp3) is 0.526. The molecule has 0 heterocycles. The minimum Gasteiger partial charge on any atom is -0.493 e. The van der Waals surface area contributed by atoms with Crippen LogP contribution in [-0.2, 0) is 32.7 Å². The van der Waals surface area contributed by atoms with E-state index in [-0.39, 0.29) is 32.7 Å². The van der Waals surface area contributed by atoms with Crippen LogP contribution in [0, 0.1) is 19.8 Å². The topological polar surface area (TPSA) is 9.23 Å². The molecule has 1 aromatic carbocycles. The van der Waals surface area contributed by atoms with Crippen molar-refractivity contribution < 1.29 is 37.4 Å². The number of hydrogen-bond donors (Lipinski definition) is 0. The van der Waals surface area contributed by atoms with Gasteiger partial charge in [0.1, 0.15) is 5.75 Å². The minimum atomic E-state index is 0. The molecular weight excluding hydrogens is 369 g/mol. The molecule has 1 aliphatic rings. The molecule has 0 bridgehead atoms. The summed E-state index contributed by atoms with van der Waals surface area (Å²) in [6, 6.07) is 5.91. The van der Waals surface area contributed by atoms with Gasteiger partial charge in [-0.1, -0.05) is 36.1 Å². The maximum absolute atomic E-state index is 6.08. The second kappa shape index (κ2) is 10.8. The van der Waals surface area contributed by atoms with Crippen LogP contribution in [0.5, 0.6) is 5.75 Å². The molecule has 119 valence electrons. The first-order valence-electron chi connectivity index (χ1n) is 8.07. The van der Waals surface area contributed by atoms with Crippen LogP contribution in [-0.4, -0.2) is 6.61 Å². The van der Waals surface area contributed by atoms with E-state index in [9.17, 15) is 0 Å². The number of unbranched alkanes of at least 4 members (excludes halogenated alkanes) is 3. The largest absolute Gasteiger partial charge is 0.493 e. The number of aryl methyl sites for hydroxylation is 1. The predicted molar refractivity (Wildman–Crippen MR) is 90.9 cm³/mol. The van der Waals surface area contributed by atoms with E-state index in [1.54, 1.807) is 5.57 Å². The summed E-state index contributed by atoms with van der Waals surface area (Å²) in [5.74, 6) is 1.48. The Morgan fingerprint density at radius 1 is 1.23 bits per heavy atom. The van der Waals surface area contributed by atoms with E-state index in [1.165, 1.54) is 38.5 Å². The Hall–Kier alpha value is 0.154. The van der Waals surface area contributed by atoms with Gasteiger partial charge in [0.05, 0.1) is 6.61 Å². The molecule has 0 N–H and O–H groups in total. The van der Waals surface area contributed by atoms with Crippen LogP contribution >= 0.6 is 11.6 Å². The summed E-state index contributed by atoms with van der Waals surface area (Å²) in [6.45, 7) is 6.72. The molecule has 0 unspecified atom stereocenters. The fourth-order valence-corrected chi connectivity index (χ4v) is 3.26. The zero-order chi connectivity index (χ0) is 15.1. The summed E-state index contributed by atoms with van der Waals surface area (Å²) in [4.78, 5) is 0. The maximum Gasteiger partial charge on any atom is 0.121 e. The summed E-state index contributed by atoms with van der Waals surface area (Å²) in [5, 5.41) is 0.750. The number of allylic oxidation sites excluding steroid dienone is 1. The number of halogens is 1. The van der Waals surface area contributed by atoms with Gasteiger partial charge in [0.15, 0.2) is 0 Å². The van der Waals surface area contributed by atoms with Gasteiger partial charge in [-0.3, -0.25) is 0 Å². The number of rotatable bonds is 8. The Labute approximate surface area is 165 Å². The van der Waals surface area contributed by atoms with Gasteiger partial charge in [-0.2, -0.15) is 6.42 Å². The molecule has 1 aliphatic carbocycles. The van der Waals surface area contributed by atoms with Crippen molar-refractivity contribution in [3.63, 3.8) is 0 Å². The summed E-state index contributed by atoms with van der Waals surface area (Å²) in [6.07, 6.45) is 11.0. The van der Waals surface area contributed by atoms with Gasteiger partial charge in [-0.25, -0.2) is 0 Å². The third-order valence-corrected chi connectivity index (χ3v) is 4.35. The van der Waals surface area contributed by atoms with E-state index in [0.29, 0.717) is 5.92 Å². The van der Waals surface area contributed by atoms with Gasteiger partial charge >= 0.3 is 0 Å². The molecule has 1 aromatic rings. The third kappa shape index (κ3) is 6.73. The van der Waals surface area contributed by atoms with Crippen molar-refractivity contribution in [2.24, 2.45) is 5.92 Å². The van der Waals surface area contributed by atoms with E-state index in [2.05, 4.69) is 19.1 Å². The second-order valence-electron chi connectivity index (χ2n) is 5.99. The minimum absolute atomic E-state index is 0. The Kier molecular flexibility index (Phi) is 9.95. The Morgan fingerprint density at radius 2 is 2.05 bits per heavy atom. The molecule has 3 heteroatoms. The van der Waals surface area contributed by atoms with Gasteiger partial charge < -0.3 is 11.7 Å². The Bertz CT molecular complexity index is 464. The van der Waals surface area contributed by atoms with Crippen molar-refractivity contribution in [3.8, 4) is 5.75 Å². The Balaban J connectivity index is 0.00000242. The fourth-order valence-electron chi connectivity index (χ4n) is 2.98. The number of ether oxygens (including phenoxy) is 1. The standard InChI is InChI=1S/C19H26ClO.Y/c1-3-4-5-6-8-16-9-7-10-17(16)14-21-19-12-15(2)11-18(20)13-19;/h9,11-13,17H,1,3-8,10,14H2,2H3;/q-1;/t17-;/m1./s1. The van der Waals surface area contributed by atoms with Crippen LogP contribution < -0.4 is 4.74 Å². The molecule has 0 aliphatic heterocycles. The number of hydrogen-bond acceptors (Lipinski definition) is 1. The van der Waals surface area contributed by atoms with E-state index in [0.717, 1.165) is 29.4 Å². The third-order valence-electron chi connectivity index (χ3n) is 4.13. The van der Waals surface area contributed by atoms with Crippen LogP contribution in [0.2, 0.25) is 5.02 Å². The average Bonchev–Trinajstić information content (AvgIpc) is 2.88. The van der Waals surface area contributed by atoms with Crippen LogP contribution in [0.15, 0.2) is 29.8 Å². The average molecular weight is 395 g/mol. The van der Waals surface area contributed by atoms with Crippen molar-refractivity contribution >= 4 is 11.6 Å².